The van der Waals surface area contributed by atoms with Gasteiger partial charge in [0.2, 0.25) is 0 Å². The number of halogens is 1. The van der Waals surface area contributed by atoms with Crippen LogP contribution >= 0.6 is 11.6 Å². The van der Waals surface area contributed by atoms with Gasteiger partial charge in [0.15, 0.2) is 0 Å². The number of nitrogens with zero attached hydrogens (tertiary/aromatic N) is 3. The molecule has 3 atom stereocenters. The summed E-state index contributed by atoms with van der Waals surface area (Å²) in [4.78, 5) is 25.4. The molecule has 4 heterocycles. The lowest BCUT2D eigenvalue weighted by Gasteiger charge is -2.37. The molecule has 0 saturated heterocycles. The molecule has 1 unspecified atom stereocenters. The first-order valence-corrected chi connectivity index (χ1v) is 10.7. The minimum atomic E-state index is -0.309. The third kappa shape index (κ3) is 2.45. The minimum Gasteiger partial charge on any atom is -0.376 e. The SMILES string of the molecule is Cn1c(=O)c2cc3n(c2n(C)c1=O)C[C@H]1C(c2ccccc2)c2cc(Cl)ccc2N[C@@H]31. The minimum absolute atomic E-state index is 0.0334. The highest BCUT2D eigenvalue weighted by Crippen LogP contribution is 2.52. The summed E-state index contributed by atoms with van der Waals surface area (Å²) in [7, 11) is 3.26. The topological polar surface area (TPSA) is 61.0 Å². The Bertz CT molecular complexity index is 1480. The molecule has 0 aliphatic carbocycles. The van der Waals surface area contributed by atoms with Crippen LogP contribution < -0.4 is 16.6 Å². The van der Waals surface area contributed by atoms with Crippen LogP contribution in [0.15, 0.2) is 64.2 Å². The van der Waals surface area contributed by atoms with Crippen molar-refractivity contribution < 1.29 is 0 Å². The lowest BCUT2D eigenvalue weighted by Crippen LogP contribution is -2.37. The number of rotatable bonds is 1. The Morgan fingerprint density at radius 1 is 1.00 bits per heavy atom. The molecule has 2 aliphatic heterocycles. The van der Waals surface area contributed by atoms with Crippen LogP contribution in [0.3, 0.4) is 0 Å². The molecule has 4 aromatic rings. The molecular formula is C24H21ClN4O2. The number of fused-ring (bicyclic) bond motifs is 6. The maximum atomic E-state index is 12.8. The van der Waals surface area contributed by atoms with E-state index in [1.54, 1.807) is 11.6 Å². The second kappa shape index (κ2) is 6.37. The smallest absolute Gasteiger partial charge is 0.332 e. The van der Waals surface area contributed by atoms with Gasteiger partial charge in [-0.05, 0) is 35.4 Å². The predicted octanol–water partition coefficient (Wildman–Crippen LogP) is 3.62. The van der Waals surface area contributed by atoms with Gasteiger partial charge < -0.3 is 9.88 Å². The highest BCUT2D eigenvalue weighted by molar-refractivity contribution is 6.30. The fourth-order valence-electron chi connectivity index (χ4n) is 5.53. The van der Waals surface area contributed by atoms with Crippen LogP contribution in [-0.4, -0.2) is 13.7 Å². The summed E-state index contributed by atoms with van der Waals surface area (Å²) in [5, 5.41) is 4.99. The van der Waals surface area contributed by atoms with Gasteiger partial charge in [-0.3, -0.25) is 13.9 Å². The molecule has 0 bridgehead atoms. The zero-order valence-electron chi connectivity index (χ0n) is 17.2. The predicted molar refractivity (Wildman–Crippen MR) is 122 cm³/mol. The van der Waals surface area contributed by atoms with Gasteiger partial charge in [-0.15, -0.1) is 0 Å². The molecule has 0 fully saturated rings. The van der Waals surface area contributed by atoms with Gasteiger partial charge in [-0.1, -0.05) is 41.9 Å². The lowest BCUT2D eigenvalue weighted by atomic mass is 9.74. The molecular weight excluding hydrogens is 412 g/mol. The molecule has 0 radical (unpaired) electrons. The summed E-state index contributed by atoms with van der Waals surface area (Å²) in [6.07, 6.45) is 0. The van der Waals surface area contributed by atoms with E-state index in [-0.39, 0.29) is 29.1 Å². The van der Waals surface area contributed by atoms with Crippen molar-refractivity contribution in [1.29, 1.82) is 0 Å². The molecule has 0 saturated carbocycles. The van der Waals surface area contributed by atoms with Gasteiger partial charge in [0.1, 0.15) is 5.65 Å². The highest BCUT2D eigenvalue weighted by Gasteiger charge is 2.44. The van der Waals surface area contributed by atoms with Gasteiger partial charge in [-0.25, -0.2) is 4.79 Å². The Labute approximate surface area is 183 Å². The zero-order valence-corrected chi connectivity index (χ0v) is 17.9. The van der Waals surface area contributed by atoms with Gasteiger partial charge in [0, 0.05) is 48.9 Å². The molecule has 7 heteroatoms. The third-order valence-electron chi connectivity index (χ3n) is 6.91. The molecule has 31 heavy (non-hydrogen) atoms. The summed E-state index contributed by atoms with van der Waals surface area (Å²) >= 11 is 6.38. The largest absolute Gasteiger partial charge is 0.376 e. The summed E-state index contributed by atoms with van der Waals surface area (Å²) in [6.45, 7) is 0.711. The van der Waals surface area contributed by atoms with Crippen LogP contribution in [0.1, 0.15) is 28.8 Å². The van der Waals surface area contributed by atoms with Crippen molar-refractivity contribution in [2.75, 3.05) is 5.32 Å². The lowest BCUT2D eigenvalue weighted by molar-refractivity contribution is 0.402. The van der Waals surface area contributed by atoms with E-state index in [1.807, 2.05) is 24.3 Å². The first kappa shape index (κ1) is 18.5. The number of aromatic nitrogens is 3. The summed E-state index contributed by atoms with van der Waals surface area (Å²) in [5.74, 6) is 0.381. The van der Waals surface area contributed by atoms with Crippen LogP contribution in [0.5, 0.6) is 0 Å². The zero-order chi connectivity index (χ0) is 21.4. The van der Waals surface area contributed by atoms with E-state index in [4.69, 9.17) is 11.6 Å². The van der Waals surface area contributed by atoms with Crippen molar-refractivity contribution >= 4 is 28.3 Å². The van der Waals surface area contributed by atoms with E-state index in [0.29, 0.717) is 22.6 Å². The van der Waals surface area contributed by atoms with Crippen molar-refractivity contribution in [3.63, 3.8) is 0 Å². The van der Waals surface area contributed by atoms with E-state index >= 15 is 0 Å². The first-order chi connectivity index (χ1) is 15.0. The Balaban J connectivity index is 1.60. The molecule has 2 aliphatic rings. The molecule has 156 valence electrons. The number of nitrogens with one attached hydrogen (secondary N) is 1. The number of benzene rings is 2. The Hall–Kier alpha value is -3.25. The van der Waals surface area contributed by atoms with Crippen molar-refractivity contribution in [2.45, 2.75) is 18.5 Å². The van der Waals surface area contributed by atoms with E-state index in [2.05, 4.69) is 40.2 Å². The second-order valence-electron chi connectivity index (χ2n) is 8.53. The summed E-state index contributed by atoms with van der Waals surface area (Å²) in [6, 6.07) is 18.5. The monoisotopic (exact) mass is 432 g/mol. The van der Waals surface area contributed by atoms with Crippen molar-refractivity contribution in [3.05, 3.63) is 97.3 Å². The third-order valence-corrected chi connectivity index (χ3v) is 7.15. The van der Waals surface area contributed by atoms with Crippen molar-refractivity contribution in [3.8, 4) is 0 Å². The van der Waals surface area contributed by atoms with Crippen molar-refractivity contribution in [2.24, 2.45) is 20.0 Å². The molecule has 2 aromatic heterocycles. The van der Waals surface area contributed by atoms with E-state index in [0.717, 1.165) is 11.4 Å². The second-order valence-corrected chi connectivity index (χ2v) is 8.97. The highest BCUT2D eigenvalue weighted by atomic mass is 35.5. The van der Waals surface area contributed by atoms with E-state index < -0.39 is 0 Å². The Kier molecular flexibility index (Phi) is 3.81. The van der Waals surface area contributed by atoms with Gasteiger partial charge in [-0.2, -0.15) is 0 Å². The van der Waals surface area contributed by atoms with Crippen LogP contribution in [0.25, 0.3) is 11.0 Å². The van der Waals surface area contributed by atoms with Crippen LogP contribution in [0, 0.1) is 5.92 Å². The standard InChI is InChI=1S/C24H21ClN4O2/c1-27-22-16(23(30)28(2)24(27)31)11-19-21-17(12-29(19)22)20(13-6-4-3-5-7-13)15-10-14(25)8-9-18(15)26-21/h3-11,17,20-21,26H,12H2,1-2H3/t17-,20?,21+/m0/s1. The van der Waals surface area contributed by atoms with Crippen LogP contribution in [-0.2, 0) is 20.6 Å². The van der Waals surface area contributed by atoms with E-state index in [1.165, 1.54) is 22.7 Å². The van der Waals surface area contributed by atoms with Gasteiger partial charge in [0.25, 0.3) is 5.56 Å². The van der Waals surface area contributed by atoms with Gasteiger partial charge >= 0.3 is 5.69 Å². The summed E-state index contributed by atoms with van der Waals surface area (Å²) in [5.41, 5.74) is 4.64. The van der Waals surface area contributed by atoms with Crippen LogP contribution in [0.4, 0.5) is 5.69 Å². The maximum absolute atomic E-state index is 12.8. The fourth-order valence-corrected chi connectivity index (χ4v) is 5.71. The first-order valence-electron chi connectivity index (χ1n) is 10.4. The molecule has 0 spiro atoms. The summed E-state index contributed by atoms with van der Waals surface area (Å²) < 4.78 is 4.90. The average molecular weight is 433 g/mol. The van der Waals surface area contributed by atoms with Crippen molar-refractivity contribution in [1.82, 2.24) is 13.7 Å². The normalized spacial score (nSPS) is 21.5. The quantitative estimate of drug-likeness (QED) is 0.499. The van der Waals surface area contributed by atoms with Crippen LogP contribution in [0.2, 0.25) is 5.02 Å². The molecule has 0 amide bonds. The number of hydrogen-bond donors (Lipinski definition) is 1. The number of hydrogen-bond acceptors (Lipinski definition) is 3. The molecule has 6 rings (SSSR count). The maximum Gasteiger partial charge on any atom is 0.332 e. The average Bonchev–Trinajstić information content (AvgIpc) is 3.31. The number of anilines is 1. The fraction of sp³-hybridized carbons (Fsp3) is 0.250. The van der Waals surface area contributed by atoms with E-state index in [9.17, 15) is 9.59 Å². The molecule has 6 nitrogen and oxygen atoms in total. The molecule has 2 aromatic carbocycles. The Morgan fingerprint density at radius 3 is 2.55 bits per heavy atom. The van der Waals surface area contributed by atoms with Gasteiger partial charge in [0.05, 0.1) is 11.4 Å². The number of aryl methyl sites for hydroxylation is 1. The molecule has 1 N–H and O–H groups in total. The Morgan fingerprint density at radius 2 is 1.77 bits per heavy atom.